The number of hydrogen-bond donors (Lipinski definition) is 1. The third-order valence-electron chi connectivity index (χ3n) is 7.58. The maximum Gasteiger partial charge on any atom is 0.430 e. The van der Waals surface area contributed by atoms with Crippen LogP contribution in [0.2, 0.25) is 0 Å². The molecule has 0 bridgehead atoms. The third kappa shape index (κ3) is 4.45. The molecule has 2 heterocycles. The SMILES string of the molecule is CCOc1ccccc1[C@H]1CNC(=O)CC12CCN(C(=O)[C@](OC)(c1ccccc1)C(F)(F)F)CC2. The summed E-state index contributed by atoms with van der Waals surface area (Å²) in [5.74, 6) is -0.575. The van der Waals surface area contributed by atoms with E-state index in [1.54, 1.807) is 6.07 Å². The Balaban J connectivity index is 1.63. The molecule has 1 spiro atoms. The normalized spacial score (nSPS) is 21.5. The largest absolute Gasteiger partial charge is 0.494 e. The van der Waals surface area contributed by atoms with Gasteiger partial charge in [-0.25, -0.2) is 0 Å². The fraction of sp³-hybridized carbons (Fsp3) is 0.481. The Bertz CT molecular complexity index is 1080. The van der Waals surface area contributed by atoms with Gasteiger partial charge in [0.1, 0.15) is 5.75 Å². The number of piperidine rings is 2. The van der Waals surface area contributed by atoms with E-state index in [1.807, 2.05) is 31.2 Å². The zero-order chi connectivity index (χ0) is 26.0. The molecule has 2 aromatic carbocycles. The molecule has 1 N–H and O–H groups in total. The van der Waals surface area contributed by atoms with Crippen molar-refractivity contribution < 1.29 is 32.2 Å². The second kappa shape index (κ2) is 10.1. The second-order valence-corrected chi connectivity index (χ2v) is 9.41. The van der Waals surface area contributed by atoms with Gasteiger partial charge in [0, 0.05) is 44.6 Å². The molecule has 0 unspecified atom stereocenters. The van der Waals surface area contributed by atoms with E-state index in [9.17, 15) is 22.8 Å². The molecule has 2 fully saturated rings. The summed E-state index contributed by atoms with van der Waals surface area (Å²) < 4.78 is 54.1. The van der Waals surface area contributed by atoms with Crippen LogP contribution in [-0.4, -0.2) is 56.2 Å². The number of carbonyl (C=O) groups excluding carboxylic acids is 2. The summed E-state index contributed by atoms with van der Waals surface area (Å²) in [6.07, 6.45) is -3.93. The average Bonchev–Trinajstić information content (AvgIpc) is 2.86. The number of para-hydroxylation sites is 1. The standard InChI is InChI=1S/C27H31F3N2O4/c1-3-36-22-12-8-7-11-20(22)21-18-31-23(33)17-25(21)13-15-32(16-14-25)24(34)26(35-2,27(28,29)30)19-9-5-4-6-10-19/h4-12,21H,3,13-18H2,1-2H3,(H,31,33)/t21-,26-/m1/s1. The number of halogens is 3. The number of ether oxygens (including phenoxy) is 2. The van der Waals surface area contributed by atoms with Gasteiger partial charge < -0.3 is 19.7 Å². The highest BCUT2D eigenvalue weighted by Crippen LogP contribution is 2.52. The first kappa shape index (κ1) is 26.0. The van der Waals surface area contributed by atoms with Crippen LogP contribution in [0.25, 0.3) is 0 Å². The van der Waals surface area contributed by atoms with Crippen molar-refractivity contribution in [2.75, 3.05) is 33.4 Å². The number of rotatable bonds is 6. The van der Waals surface area contributed by atoms with E-state index >= 15 is 0 Å². The van der Waals surface area contributed by atoms with Crippen LogP contribution < -0.4 is 10.1 Å². The Kier molecular flexibility index (Phi) is 7.31. The molecule has 0 saturated carbocycles. The van der Waals surface area contributed by atoms with E-state index in [1.165, 1.54) is 29.2 Å². The first-order valence-electron chi connectivity index (χ1n) is 12.1. The van der Waals surface area contributed by atoms with Gasteiger partial charge >= 0.3 is 6.18 Å². The minimum atomic E-state index is -4.96. The number of nitrogens with zero attached hydrogens (tertiary/aromatic N) is 1. The molecule has 194 valence electrons. The number of alkyl halides is 3. The van der Waals surface area contributed by atoms with Crippen molar-refractivity contribution in [2.24, 2.45) is 5.41 Å². The minimum Gasteiger partial charge on any atom is -0.494 e. The van der Waals surface area contributed by atoms with Gasteiger partial charge in [-0.2, -0.15) is 13.2 Å². The smallest absolute Gasteiger partial charge is 0.430 e. The molecule has 36 heavy (non-hydrogen) atoms. The van der Waals surface area contributed by atoms with Crippen molar-refractivity contribution >= 4 is 11.8 Å². The predicted molar refractivity (Wildman–Crippen MR) is 127 cm³/mol. The summed E-state index contributed by atoms with van der Waals surface area (Å²) in [7, 11) is 0.913. The number of hydrogen-bond acceptors (Lipinski definition) is 4. The summed E-state index contributed by atoms with van der Waals surface area (Å²) in [5, 5.41) is 2.94. The molecule has 4 rings (SSSR count). The number of amides is 2. The van der Waals surface area contributed by atoms with Crippen LogP contribution in [0, 0.1) is 5.41 Å². The summed E-state index contributed by atoms with van der Waals surface area (Å²) >= 11 is 0. The number of methoxy groups -OCH3 is 1. The average molecular weight is 505 g/mol. The van der Waals surface area contributed by atoms with E-state index in [4.69, 9.17) is 9.47 Å². The van der Waals surface area contributed by atoms with Crippen LogP contribution in [-0.2, 0) is 19.9 Å². The lowest BCUT2D eigenvalue weighted by atomic mass is 9.62. The number of nitrogens with one attached hydrogen (secondary N) is 1. The zero-order valence-corrected chi connectivity index (χ0v) is 20.4. The van der Waals surface area contributed by atoms with E-state index in [0.29, 0.717) is 26.0 Å². The van der Waals surface area contributed by atoms with Gasteiger partial charge in [0.25, 0.3) is 11.5 Å². The Morgan fingerprint density at radius 3 is 2.33 bits per heavy atom. The molecule has 2 atom stereocenters. The second-order valence-electron chi connectivity index (χ2n) is 9.41. The molecular weight excluding hydrogens is 473 g/mol. The molecule has 6 nitrogen and oxygen atoms in total. The summed E-state index contributed by atoms with van der Waals surface area (Å²) in [4.78, 5) is 27.2. The van der Waals surface area contributed by atoms with Crippen molar-refractivity contribution in [3.05, 3.63) is 65.7 Å². The quantitative estimate of drug-likeness (QED) is 0.633. The van der Waals surface area contributed by atoms with Crippen LogP contribution in [0.4, 0.5) is 13.2 Å². The Morgan fingerprint density at radius 2 is 1.72 bits per heavy atom. The zero-order valence-electron chi connectivity index (χ0n) is 20.4. The van der Waals surface area contributed by atoms with Crippen LogP contribution in [0.5, 0.6) is 5.75 Å². The topological polar surface area (TPSA) is 67.9 Å². The summed E-state index contributed by atoms with van der Waals surface area (Å²) in [5.41, 5.74) is -2.88. The third-order valence-corrected chi connectivity index (χ3v) is 7.58. The van der Waals surface area contributed by atoms with E-state index in [-0.39, 0.29) is 36.9 Å². The maximum absolute atomic E-state index is 14.4. The Hall–Kier alpha value is -3.07. The maximum atomic E-state index is 14.4. The van der Waals surface area contributed by atoms with E-state index in [0.717, 1.165) is 18.4 Å². The fourth-order valence-electron chi connectivity index (χ4n) is 5.74. The van der Waals surface area contributed by atoms with Crippen molar-refractivity contribution in [1.82, 2.24) is 10.2 Å². The van der Waals surface area contributed by atoms with Gasteiger partial charge in [-0.3, -0.25) is 9.59 Å². The summed E-state index contributed by atoms with van der Waals surface area (Å²) in [6.45, 7) is 2.97. The van der Waals surface area contributed by atoms with Gasteiger partial charge in [-0.05, 0) is 36.8 Å². The molecule has 2 saturated heterocycles. The molecule has 0 radical (unpaired) electrons. The molecular formula is C27H31F3N2O4. The number of carbonyl (C=O) groups is 2. The van der Waals surface area contributed by atoms with Gasteiger partial charge in [0.15, 0.2) is 0 Å². The van der Waals surface area contributed by atoms with Crippen molar-refractivity contribution in [1.29, 1.82) is 0 Å². The predicted octanol–water partition coefficient (Wildman–Crippen LogP) is 4.40. The van der Waals surface area contributed by atoms with Crippen LogP contribution in [0.15, 0.2) is 54.6 Å². The highest BCUT2D eigenvalue weighted by Gasteiger charge is 2.64. The molecule has 0 aromatic heterocycles. The Labute approximate surface area is 208 Å². The van der Waals surface area contributed by atoms with Crippen LogP contribution in [0.1, 0.15) is 43.2 Å². The molecule has 2 aliphatic rings. The highest BCUT2D eigenvalue weighted by molar-refractivity contribution is 5.88. The van der Waals surface area contributed by atoms with Gasteiger partial charge in [-0.1, -0.05) is 48.5 Å². The van der Waals surface area contributed by atoms with Gasteiger partial charge in [0.2, 0.25) is 5.91 Å². The van der Waals surface area contributed by atoms with Crippen molar-refractivity contribution in [3.8, 4) is 5.75 Å². The monoisotopic (exact) mass is 504 g/mol. The fourth-order valence-corrected chi connectivity index (χ4v) is 5.74. The number of benzene rings is 2. The molecule has 2 aliphatic heterocycles. The van der Waals surface area contributed by atoms with Crippen molar-refractivity contribution in [3.63, 3.8) is 0 Å². The Morgan fingerprint density at radius 1 is 1.08 bits per heavy atom. The lowest BCUT2D eigenvalue weighted by Gasteiger charge is -2.50. The van der Waals surface area contributed by atoms with Gasteiger partial charge in [-0.15, -0.1) is 0 Å². The van der Waals surface area contributed by atoms with E-state index in [2.05, 4.69) is 5.32 Å². The number of likely N-dealkylation sites (tertiary alicyclic amines) is 1. The lowest BCUT2D eigenvalue weighted by Crippen LogP contribution is -2.60. The van der Waals surface area contributed by atoms with Gasteiger partial charge in [0.05, 0.1) is 6.61 Å². The molecule has 2 aromatic rings. The van der Waals surface area contributed by atoms with E-state index < -0.39 is 23.1 Å². The first-order valence-corrected chi connectivity index (χ1v) is 12.1. The molecule has 9 heteroatoms. The first-order chi connectivity index (χ1) is 17.2. The molecule has 2 amide bonds. The van der Waals surface area contributed by atoms with Crippen LogP contribution >= 0.6 is 0 Å². The summed E-state index contributed by atoms with van der Waals surface area (Å²) in [6, 6.07) is 14.7. The minimum absolute atomic E-state index is 0.0841. The molecule has 0 aliphatic carbocycles. The van der Waals surface area contributed by atoms with Crippen molar-refractivity contribution in [2.45, 2.75) is 43.9 Å². The highest BCUT2D eigenvalue weighted by atomic mass is 19.4. The van der Waals surface area contributed by atoms with Crippen LogP contribution in [0.3, 0.4) is 0 Å². The lowest BCUT2D eigenvalue weighted by molar-refractivity contribution is -0.271.